The minimum Gasteiger partial charge on any atom is -0.377 e. The highest BCUT2D eigenvalue weighted by Crippen LogP contribution is 2.36. The molecular formula is C14H27NO. The Morgan fingerprint density at radius 2 is 1.62 bits per heavy atom. The average Bonchev–Trinajstić information content (AvgIpc) is 2.24. The molecule has 0 aromatic carbocycles. The predicted molar refractivity (Wildman–Crippen MR) is 67.3 cm³/mol. The van der Waals surface area contributed by atoms with Crippen LogP contribution in [0.3, 0.4) is 0 Å². The quantitative estimate of drug-likeness (QED) is 0.780. The normalized spacial score (nSPS) is 27.4. The second-order valence-corrected chi connectivity index (χ2v) is 5.59. The summed E-state index contributed by atoms with van der Waals surface area (Å²) in [6, 6.07) is 0.303. The summed E-state index contributed by atoms with van der Waals surface area (Å²) >= 11 is 0. The molecule has 0 radical (unpaired) electrons. The van der Waals surface area contributed by atoms with Crippen LogP contribution in [-0.2, 0) is 4.74 Å². The summed E-state index contributed by atoms with van der Waals surface area (Å²) in [5, 5.41) is 0. The zero-order chi connectivity index (χ0) is 11.4. The van der Waals surface area contributed by atoms with E-state index < -0.39 is 0 Å². The maximum Gasteiger partial charge on any atom is 0.0756 e. The molecule has 16 heavy (non-hydrogen) atoms. The molecule has 0 aromatic heterocycles. The van der Waals surface area contributed by atoms with Crippen molar-refractivity contribution in [1.29, 1.82) is 0 Å². The molecule has 2 rings (SSSR count). The molecule has 2 saturated carbocycles. The van der Waals surface area contributed by atoms with E-state index in [1.807, 2.05) is 0 Å². The molecule has 2 aliphatic rings. The first-order valence-corrected chi connectivity index (χ1v) is 7.20. The third-order valence-corrected chi connectivity index (χ3v) is 4.55. The summed E-state index contributed by atoms with van der Waals surface area (Å²) in [4.78, 5) is 0. The van der Waals surface area contributed by atoms with Gasteiger partial charge in [-0.15, -0.1) is 0 Å². The monoisotopic (exact) mass is 225 g/mol. The summed E-state index contributed by atoms with van der Waals surface area (Å²) in [5.41, 5.74) is 6.42. The van der Waals surface area contributed by atoms with Crippen molar-refractivity contribution in [3.05, 3.63) is 0 Å². The van der Waals surface area contributed by atoms with Crippen LogP contribution < -0.4 is 5.73 Å². The van der Waals surface area contributed by atoms with Crippen LogP contribution in [0.5, 0.6) is 0 Å². The van der Waals surface area contributed by atoms with Gasteiger partial charge in [0.2, 0.25) is 0 Å². The van der Waals surface area contributed by atoms with Gasteiger partial charge in [-0.2, -0.15) is 0 Å². The Balaban J connectivity index is 1.91. The highest BCUT2D eigenvalue weighted by atomic mass is 16.5. The van der Waals surface area contributed by atoms with E-state index in [0.29, 0.717) is 12.1 Å². The lowest BCUT2D eigenvalue weighted by atomic mass is 9.73. The van der Waals surface area contributed by atoms with E-state index in [4.69, 9.17) is 10.5 Å². The van der Waals surface area contributed by atoms with Gasteiger partial charge in [0, 0.05) is 12.6 Å². The topological polar surface area (TPSA) is 35.2 Å². The zero-order valence-corrected chi connectivity index (χ0v) is 10.7. The van der Waals surface area contributed by atoms with E-state index >= 15 is 0 Å². The van der Waals surface area contributed by atoms with Crippen molar-refractivity contribution in [2.75, 3.05) is 6.61 Å². The average molecular weight is 225 g/mol. The van der Waals surface area contributed by atoms with Crippen molar-refractivity contribution in [1.82, 2.24) is 0 Å². The molecule has 0 saturated heterocycles. The lowest BCUT2D eigenvalue weighted by molar-refractivity contribution is -0.0304. The summed E-state index contributed by atoms with van der Waals surface area (Å²) in [5.74, 6) is 1.49. The van der Waals surface area contributed by atoms with E-state index in [0.717, 1.165) is 18.4 Å². The first-order chi connectivity index (χ1) is 7.83. The Morgan fingerprint density at radius 3 is 2.12 bits per heavy atom. The second-order valence-electron chi connectivity index (χ2n) is 5.59. The number of hydrogen-bond acceptors (Lipinski definition) is 2. The second kappa shape index (κ2) is 6.02. The Kier molecular flexibility index (Phi) is 4.66. The van der Waals surface area contributed by atoms with Crippen LogP contribution in [0, 0.1) is 11.8 Å². The van der Waals surface area contributed by atoms with E-state index in [1.165, 1.54) is 51.4 Å². The molecule has 2 unspecified atom stereocenters. The van der Waals surface area contributed by atoms with Gasteiger partial charge in [-0.05, 0) is 44.4 Å². The standard InChI is InChI=1S/C14H27NO/c1-2-16-14(12-7-4-3-5-8-12)13(15)11-9-6-10-11/h11-14H,2-10,15H2,1H3. The molecular weight excluding hydrogens is 198 g/mol. The highest BCUT2D eigenvalue weighted by Gasteiger charge is 2.35. The molecule has 0 aromatic rings. The fraction of sp³-hybridized carbons (Fsp3) is 1.00. The summed E-state index contributed by atoms with van der Waals surface area (Å²) in [6.45, 7) is 2.92. The molecule has 0 amide bonds. The third kappa shape index (κ3) is 2.78. The fourth-order valence-electron chi connectivity index (χ4n) is 3.31. The van der Waals surface area contributed by atoms with E-state index in [1.54, 1.807) is 0 Å². The fourth-order valence-corrected chi connectivity index (χ4v) is 3.31. The van der Waals surface area contributed by atoms with Crippen LogP contribution in [0.4, 0.5) is 0 Å². The molecule has 2 N–H and O–H groups in total. The number of hydrogen-bond donors (Lipinski definition) is 1. The van der Waals surface area contributed by atoms with Crippen LogP contribution in [0.25, 0.3) is 0 Å². The van der Waals surface area contributed by atoms with E-state index in [2.05, 4.69) is 6.92 Å². The van der Waals surface area contributed by atoms with Crippen molar-refractivity contribution in [3.63, 3.8) is 0 Å². The van der Waals surface area contributed by atoms with Gasteiger partial charge < -0.3 is 10.5 Å². The molecule has 2 fully saturated rings. The van der Waals surface area contributed by atoms with Crippen molar-refractivity contribution < 1.29 is 4.74 Å². The van der Waals surface area contributed by atoms with Crippen molar-refractivity contribution in [3.8, 4) is 0 Å². The minimum absolute atomic E-state index is 0.303. The van der Waals surface area contributed by atoms with Gasteiger partial charge >= 0.3 is 0 Å². The molecule has 0 bridgehead atoms. The van der Waals surface area contributed by atoms with Gasteiger partial charge in [-0.1, -0.05) is 25.7 Å². The van der Waals surface area contributed by atoms with Gasteiger partial charge in [0.15, 0.2) is 0 Å². The lowest BCUT2D eigenvalue weighted by Crippen LogP contribution is -2.49. The predicted octanol–water partition coefficient (Wildman–Crippen LogP) is 3.10. The number of ether oxygens (including phenoxy) is 1. The van der Waals surface area contributed by atoms with Crippen molar-refractivity contribution >= 4 is 0 Å². The molecule has 94 valence electrons. The zero-order valence-electron chi connectivity index (χ0n) is 10.7. The summed E-state index contributed by atoms with van der Waals surface area (Å²) in [7, 11) is 0. The van der Waals surface area contributed by atoms with Crippen LogP contribution in [-0.4, -0.2) is 18.8 Å². The maximum atomic E-state index is 6.42. The molecule has 0 spiro atoms. The Labute approximate surface area is 99.9 Å². The molecule has 2 heteroatoms. The molecule has 2 nitrogen and oxygen atoms in total. The molecule has 0 aliphatic heterocycles. The lowest BCUT2D eigenvalue weighted by Gasteiger charge is -2.40. The van der Waals surface area contributed by atoms with Crippen LogP contribution in [0.15, 0.2) is 0 Å². The Morgan fingerprint density at radius 1 is 1.00 bits per heavy atom. The molecule has 2 aliphatic carbocycles. The molecule has 0 heterocycles. The van der Waals surface area contributed by atoms with Crippen molar-refractivity contribution in [2.24, 2.45) is 17.6 Å². The molecule has 2 atom stereocenters. The van der Waals surface area contributed by atoms with E-state index in [9.17, 15) is 0 Å². The first-order valence-electron chi connectivity index (χ1n) is 7.20. The SMILES string of the molecule is CCOC(C1CCCCC1)C(N)C1CCC1. The summed E-state index contributed by atoms with van der Waals surface area (Å²) in [6.07, 6.45) is 11.2. The maximum absolute atomic E-state index is 6.42. The summed E-state index contributed by atoms with van der Waals surface area (Å²) < 4.78 is 5.98. The van der Waals surface area contributed by atoms with Crippen molar-refractivity contribution in [2.45, 2.75) is 70.4 Å². The van der Waals surface area contributed by atoms with Gasteiger partial charge in [-0.3, -0.25) is 0 Å². The van der Waals surface area contributed by atoms with Crippen LogP contribution in [0.2, 0.25) is 0 Å². The third-order valence-electron chi connectivity index (χ3n) is 4.55. The number of nitrogens with two attached hydrogens (primary N) is 1. The van der Waals surface area contributed by atoms with Crippen LogP contribution >= 0.6 is 0 Å². The van der Waals surface area contributed by atoms with Crippen LogP contribution in [0.1, 0.15) is 58.3 Å². The first kappa shape index (κ1) is 12.4. The van der Waals surface area contributed by atoms with E-state index in [-0.39, 0.29) is 0 Å². The Hall–Kier alpha value is -0.0800. The Bertz CT molecular complexity index is 195. The largest absolute Gasteiger partial charge is 0.377 e. The smallest absolute Gasteiger partial charge is 0.0756 e. The highest BCUT2D eigenvalue weighted by molar-refractivity contribution is 4.90. The van der Waals surface area contributed by atoms with Gasteiger partial charge in [0.25, 0.3) is 0 Å². The van der Waals surface area contributed by atoms with Gasteiger partial charge in [-0.25, -0.2) is 0 Å². The van der Waals surface area contributed by atoms with Gasteiger partial charge in [0.1, 0.15) is 0 Å². The number of rotatable bonds is 5. The minimum atomic E-state index is 0.303. The van der Waals surface area contributed by atoms with Gasteiger partial charge in [0.05, 0.1) is 6.10 Å².